The fourth-order valence-electron chi connectivity index (χ4n) is 3.17. The van der Waals surface area contributed by atoms with E-state index in [0.717, 1.165) is 0 Å². The number of aryl methyl sites for hydroxylation is 1. The normalized spacial score (nSPS) is 17.1. The summed E-state index contributed by atoms with van der Waals surface area (Å²) in [7, 11) is -2.07. The summed E-state index contributed by atoms with van der Waals surface area (Å²) in [5.41, 5.74) is 1.20. The predicted octanol–water partition coefficient (Wildman–Crippen LogP) is 1.26. The highest BCUT2D eigenvalue weighted by molar-refractivity contribution is 7.91. The van der Waals surface area contributed by atoms with Gasteiger partial charge in [0.25, 0.3) is 5.56 Å². The first-order valence-electron chi connectivity index (χ1n) is 8.11. The number of fused-ring (bicyclic) bond motifs is 1. The average molecular weight is 377 g/mol. The molecular weight excluding hydrogens is 358 g/mol. The maximum absolute atomic E-state index is 12.9. The molecule has 0 saturated carbocycles. The molecule has 9 heteroatoms. The zero-order valence-electron chi connectivity index (χ0n) is 14.7. The number of hydrogen-bond acceptors (Lipinski definition) is 6. The topological polar surface area (TPSA) is 111 Å². The van der Waals surface area contributed by atoms with Crippen LogP contribution in [0.2, 0.25) is 0 Å². The average Bonchev–Trinajstić information content (AvgIpc) is 2.98. The predicted molar refractivity (Wildman–Crippen MR) is 95.6 cm³/mol. The molecule has 0 amide bonds. The maximum Gasteiger partial charge on any atom is 0.277 e. The molecule has 8 nitrogen and oxygen atoms in total. The van der Waals surface area contributed by atoms with E-state index in [4.69, 9.17) is 4.84 Å². The number of oxime groups is 1. The van der Waals surface area contributed by atoms with Crippen molar-refractivity contribution in [2.75, 3.05) is 12.9 Å². The van der Waals surface area contributed by atoms with Gasteiger partial charge in [-0.25, -0.2) is 8.42 Å². The summed E-state index contributed by atoms with van der Waals surface area (Å²) in [6, 6.07) is 2.85. The highest BCUT2D eigenvalue weighted by atomic mass is 32.2. The number of hydrogen-bond donors (Lipinski definition) is 1. The van der Waals surface area contributed by atoms with Crippen LogP contribution in [0, 0.1) is 6.92 Å². The Hall–Kier alpha value is -2.68. The first-order chi connectivity index (χ1) is 12.3. The molecule has 0 bridgehead atoms. The Bertz CT molecular complexity index is 1080. The number of carbonyl (C=O) groups is 1. The Labute approximate surface area is 150 Å². The van der Waals surface area contributed by atoms with Gasteiger partial charge in [-0.2, -0.15) is 0 Å². The molecule has 138 valence electrons. The summed E-state index contributed by atoms with van der Waals surface area (Å²) < 4.78 is 26.1. The summed E-state index contributed by atoms with van der Waals surface area (Å²) in [6.45, 7) is 3.86. The molecule has 1 N–H and O–H groups in total. The number of aromatic nitrogens is 2. The number of carbonyl (C=O) groups excluding carboxylic acids is 1. The Morgan fingerprint density at radius 2 is 2.08 bits per heavy atom. The number of nitrogens with one attached hydrogen (secondary N) is 1. The number of nitrogens with zero attached hydrogens (tertiary/aromatic N) is 2. The van der Waals surface area contributed by atoms with Gasteiger partial charge >= 0.3 is 0 Å². The Morgan fingerprint density at radius 1 is 1.35 bits per heavy atom. The largest absolute Gasteiger partial charge is 0.399 e. The number of sulfone groups is 1. The lowest BCUT2D eigenvalue weighted by molar-refractivity contribution is 0.103. The van der Waals surface area contributed by atoms with E-state index in [9.17, 15) is 18.0 Å². The third-order valence-electron chi connectivity index (χ3n) is 4.51. The molecule has 1 aliphatic rings. The van der Waals surface area contributed by atoms with Gasteiger partial charge in [-0.3, -0.25) is 14.3 Å². The minimum Gasteiger partial charge on any atom is -0.399 e. The number of benzene rings is 1. The molecule has 1 aromatic heterocycles. The summed E-state index contributed by atoms with van der Waals surface area (Å²) in [4.78, 5) is 30.1. The van der Waals surface area contributed by atoms with E-state index in [2.05, 4.69) is 10.3 Å². The molecule has 2 aromatic rings. The van der Waals surface area contributed by atoms with Crippen molar-refractivity contribution < 1.29 is 18.0 Å². The second-order valence-corrected chi connectivity index (χ2v) is 8.04. The van der Waals surface area contributed by atoms with Crippen molar-refractivity contribution in [1.29, 1.82) is 0 Å². The monoisotopic (exact) mass is 377 g/mol. The van der Waals surface area contributed by atoms with Crippen LogP contribution in [0.4, 0.5) is 0 Å². The highest BCUT2D eigenvalue weighted by Crippen LogP contribution is 2.31. The molecule has 0 radical (unpaired) electrons. The fourth-order valence-corrected chi connectivity index (χ4v) is 4.71. The summed E-state index contributed by atoms with van der Waals surface area (Å²) >= 11 is 0. The first-order valence-corrected chi connectivity index (χ1v) is 9.76. The zero-order chi connectivity index (χ0) is 19.1. The zero-order valence-corrected chi connectivity index (χ0v) is 15.5. The van der Waals surface area contributed by atoms with Crippen molar-refractivity contribution in [2.45, 2.75) is 31.7 Å². The van der Waals surface area contributed by atoms with Crippen LogP contribution in [-0.4, -0.2) is 42.6 Å². The number of rotatable bonds is 4. The molecule has 1 aliphatic heterocycles. The van der Waals surface area contributed by atoms with Gasteiger partial charge in [0.05, 0.1) is 16.4 Å². The minimum absolute atomic E-state index is 0.0128. The van der Waals surface area contributed by atoms with E-state index >= 15 is 0 Å². The van der Waals surface area contributed by atoms with E-state index in [1.807, 2.05) is 0 Å². The van der Waals surface area contributed by atoms with E-state index in [1.54, 1.807) is 13.8 Å². The molecule has 0 spiro atoms. The molecule has 0 unspecified atom stereocenters. The summed E-state index contributed by atoms with van der Waals surface area (Å²) in [5.74, 6) is -0.521. The van der Waals surface area contributed by atoms with Crippen molar-refractivity contribution in [3.05, 3.63) is 50.9 Å². The van der Waals surface area contributed by atoms with Crippen molar-refractivity contribution in [1.82, 2.24) is 9.78 Å². The molecule has 0 saturated heterocycles. The van der Waals surface area contributed by atoms with Crippen LogP contribution >= 0.6 is 0 Å². The van der Waals surface area contributed by atoms with Crippen LogP contribution in [0.15, 0.2) is 33.2 Å². The van der Waals surface area contributed by atoms with Gasteiger partial charge in [0.2, 0.25) is 0 Å². The molecule has 3 rings (SSSR count). The second-order valence-electron chi connectivity index (χ2n) is 5.97. The van der Waals surface area contributed by atoms with Gasteiger partial charge in [0, 0.05) is 30.3 Å². The van der Waals surface area contributed by atoms with Crippen LogP contribution in [0.5, 0.6) is 0 Å². The van der Waals surface area contributed by atoms with E-state index in [1.165, 1.54) is 30.1 Å². The van der Waals surface area contributed by atoms with Gasteiger partial charge in [0.15, 0.2) is 15.6 Å². The van der Waals surface area contributed by atoms with Gasteiger partial charge in [-0.15, -0.1) is 0 Å². The third kappa shape index (κ3) is 2.78. The van der Waals surface area contributed by atoms with E-state index < -0.39 is 21.2 Å². The second kappa shape index (κ2) is 6.56. The van der Waals surface area contributed by atoms with Crippen molar-refractivity contribution in [3.8, 4) is 0 Å². The molecule has 0 fully saturated rings. The van der Waals surface area contributed by atoms with Crippen LogP contribution in [-0.2, 0) is 21.2 Å². The third-order valence-corrected chi connectivity index (χ3v) is 6.26. The van der Waals surface area contributed by atoms with Gasteiger partial charge < -0.3 is 9.94 Å². The Kier molecular flexibility index (Phi) is 4.57. The van der Waals surface area contributed by atoms with E-state index in [0.29, 0.717) is 23.4 Å². The van der Waals surface area contributed by atoms with Crippen LogP contribution in [0.25, 0.3) is 0 Å². The summed E-state index contributed by atoms with van der Waals surface area (Å²) in [5, 5.41) is 6.67. The lowest BCUT2D eigenvalue weighted by atomic mass is 9.93. The smallest absolute Gasteiger partial charge is 0.277 e. The first kappa shape index (κ1) is 18.1. The summed E-state index contributed by atoms with van der Waals surface area (Å²) in [6.07, 6.45) is 1.57. The Morgan fingerprint density at radius 3 is 2.69 bits per heavy atom. The van der Waals surface area contributed by atoms with Crippen LogP contribution in [0.3, 0.4) is 0 Å². The molecule has 26 heavy (non-hydrogen) atoms. The standard InChI is InChI=1S/C17H19N3O5S/c1-4-20-17(22)12(9-18-20)16(21)11-5-6-14-15(10(11)2)13(19-25-3)7-8-26(14,23)24/h5-6,9,18H,4,7-8H2,1-3H3. The van der Waals surface area contributed by atoms with E-state index in [-0.39, 0.29) is 28.2 Å². The Balaban J connectivity index is 2.21. The van der Waals surface area contributed by atoms with Gasteiger partial charge in [-0.1, -0.05) is 5.16 Å². The van der Waals surface area contributed by atoms with Crippen LogP contribution < -0.4 is 5.56 Å². The van der Waals surface area contributed by atoms with Crippen molar-refractivity contribution in [3.63, 3.8) is 0 Å². The lowest BCUT2D eigenvalue weighted by Crippen LogP contribution is -2.25. The number of H-pyrrole nitrogens is 1. The fraction of sp³-hybridized carbons (Fsp3) is 0.353. The highest BCUT2D eigenvalue weighted by Gasteiger charge is 2.32. The van der Waals surface area contributed by atoms with Gasteiger partial charge in [0.1, 0.15) is 12.7 Å². The SMILES string of the molecule is CCn1[nH]cc(C(=O)c2ccc3c(c2C)C(=NOC)CCS3(=O)=O)c1=O. The molecular formula is C17H19N3O5S. The van der Waals surface area contributed by atoms with Crippen molar-refractivity contribution >= 4 is 21.3 Å². The van der Waals surface area contributed by atoms with Crippen molar-refractivity contribution in [2.24, 2.45) is 5.16 Å². The molecule has 0 atom stereocenters. The quantitative estimate of drug-likeness (QED) is 0.637. The molecule has 0 aliphatic carbocycles. The minimum atomic E-state index is -3.45. The molecule has 2 heterocycles. The number of aromatic amines is 1. The lowest BCUT2D eigenvalue weighted by Gasteiger charge is -2.21. The van der Waals surface area contributed by atoms with Crippen LogP contribution in [0.1, 0.15) is 40.4 Å². The maximum atomic E-state index is 12.9. The molecule has 1 aromatic carbocycles. The number of ketones is 1. The van der Waals surface area contributed by atoms with Gasteiger partial charge in [-0.05, 0) is 31.5 Å².